The van der Waals surface area contributed by atoms with Crippen LogP contribution in [0.1, 0.15) is 17.2 Å². The molecule has 30 heavy (non-hydrogen) atoms. The zero-order chi connectivity index (χ0) is 21.7. The van der Waals surface area contributed by atoms with Gasteiger partial charge in [-0.15, -0.1) is 0 Å². The van der Waals surface area contributed by atoms with Crippen molar-refractivity contribution in [3.05, 3.63) is 58.6 Å². The van der Waals surface area contributed by atoms with Gasteiger partial charge in [0.05, 0.1) is 14.2 Å². The summed E-state index contributed by atoms with van der Waals surface area (Å²) in [5, 5.41) is 3.49. The number of nitrogens with zero attached hydrogens (tertiary/aromatic N) is 2. The molecule has 2 aromatic rings. The van der Waals surface area contributed by atoms with Crippen molar-refractivity contribution in [2.24, 2.45) is 0 Å². The summed E-state index contributed by atoms with van der Waals surface area (Å²) >= 11 is 6.11. The van der Waals surface area contributed by atoms with Crippen molar-refractivity contribution >= 4 is 29.3 Å². The monoisotopic (exact) mass is 431 g/mol. The molecule has 1 saturated heterocycles. The first-order valence-electron chi connectivity index (χ1n) is 9.71. The summed E-state index contributed by atoms with van der Waals surface area (Å²) in [5.41, 5.74) is 2.44. The third-order valence-electron chi connectivity index (χ3n) is 5.20. The molecule has 0 radical (unpaired) electrons. The van der Waals surface area contributed by atoms with E-state index in [1.165, 1.54) is 7.11 Å². The lowest BCUT2D eigenvalue weighted by atomic mass is 10.0. The van der Waals surface area contributed by atoms with Crippen LogP contribution in [0.5, 0.6) is 5.75 Å². The number of amides is 2. The smallest absolute Gasteiger partial charge is 0.327 e. The van der Waals surface area contributed by atoms with Gasteiger partial charge in [-0.1, -0.05) is 23.7 Å². The number of methoxy groups -OCH3 is 2. The van der Waals surface area contributed by atoms with Crippen LogP contribution in [0.2, 0.25) is 5.02 Å². The summed E-state index contributed by atoms with van der Waals surface area (Å²) < 4.78 is 10.3. The molecule has 2 aromatic carbocycles. The average molecular weight is 432 g/mol. The van der Waals surface area contributed by atoms with E-state index in [0.29, 0.717) is 36.9 Å². The number of ether oxygens (including phenoxy) is 2. The van der Waals surface area contributed by atoms with E-state index in [2.05, 4.69) is 5.32 Å². The van der Waals surface area contributed by atoms with E-state index in [1.54, 1.807) is 24.1 Å². The highest BCUT2D eigenvalue weighted by molar-refractivity contribution is 6.30. The van der Waals surface area contributed by atoms with Crippen LogP contribution >= 0.6 is 11.6 Å². The lowest BCUT2D eigenvalue weighted by molar-refractivity contribution is -0.148. The second-order valence-corrected chi connectivity index (χ2v) is 7.55. The molecule has 0 unspecified atom stereocenters. The number of piperazine rings is 1. The second kappa shape index (κ2) is 9.82. The number of esters is 1. The Balaban J connectivity index is 1.64. The maximum Gasteiger partial charge on any atom is 0.327 e. The number of anilines is 1. The van der Waals surface area contributed by atoms with Crippen LogP contribution in [0.4, 0.5) is 10.5 Å². The molecule has 0 spiro atoms. The molecule has 2 amide bonds. The minimum atomic E-state index is -0.553. The van der Waals surface area contributed by atoms with E-state index in [9.17, 15) is 9.59 Å². The number of carbonyl (C=O) groups excluding carboxylic acids is 2. The second-order valence-electron chi connectivity index (χ2n) is 7.12. The Bertz CT molecular complexity index is 913. The van der Waals surface area contributed by atoms with Gasteiger partial charge in [-0.3, -0.25) is 4.90 Å². The number of urea groups is 1. The molecule has 0 aliphatic carbocycles. The number of halogens is 1. The summed E-state index contributed by atoms with van der Waals surface area (Å²) in [7, 11) is 2.99. The number of nitrogens with one attached hydrogen (secondary N) is 1. The maximum atomic E-state index is 12.7. The molecule has 1 N–H and O–H groups in total. The summed E-state index contributed by atoms with van der Waals surface area (Å²) in [6.45, 7) is 4.00. The molecule has 1 heterocycles. The van der Waals surface area contributed by atoms with Gasteiger partial charge in [0.15, 0.2) is 0 Å². The maximum absolute atomic E-state index is 12.7. The van der Waals surface area contributed by atoms with Gasteiger partial charge >= 0.3 is 12.0 Å². The van der Waals surface area contributed by atoms with Gasteiger partial charge in [-0.05, 0) is 48.4 Å². The Hall–Kier alpha value is -2.77. The fourth-order valence-electron chi connectivity index (χ4n) is 3.63. The van der Waals surface area contributed by atoms with Crippen LogP contribution in [0.3, 0.4) is 0 Å². The van der Waals surface area contributed by atoms with Crippen LogP contribution in [0.25, 0.3) is 0 Å². The van der Waals surface area contributed by atoms with Gasteiger partial charge in [0.25, 0.3) is 0 Å². The van der Waals surface area contributed by atoms with Crippen LogP contribution in [-0.4, -0.2) is 62.2 Å². The standard InChI is InChI=1S/C22H26ClN3O4/c1-15-13-18(7-8-19(15)29-2)24-22(28)26-11-9-25(10-12-26)20(21(27)30-3)16-5-4-6-17(23)14-16/h4-8,13-14,20H,9-12H2,1-3H3,(H,24,28)/t20-/m1/s1. The molecule has 3 rings (SSSR count). The number of benzene rings is 2. The van der Waals surface area contributed by atoms with Gasteiger partial charge < -0.3 is 19.7 Å². The Kier molecular flexibility index (Phi) is 7.18. The number of hydrogen-bond donors (Lipinski definition) is 1. The average Bonchev–Trinajstić information content (AvgIpc) is 2.74. The van der Waals surface area contributed by atoms with Crippen molar-refractivity contribution in [2.75, 3.05) is 45.7 Å². The molecule has 1 atom stereocenters. The first kappa shape index (κ1) is 21.9. The molecule has 0 aromatic heterocycles. The Morgan fingerprint density at radius 3 is 2.40 bits per heavy atom. The molecule has 1 aliphatic rings. The van der Waals surface area contributed by atoms with Crippen molar-refractivity contribution in [1.29, 1.82) is 0 Å². The number of aryl methyl sites for hydroxylation is 1. The summed E-state index contributed by atoms with van der Waals surface area (Å²) in [4.78, 5) is 28.9. The molecule has 7 nitrogen and oxygen atoms in total. The SMILES string of the molecule is COC(=O)[C@@H](c1cccc(Cl)c1)N1CCN(C(=O)Nc2ccc(OC)c(C)c2)CC1. The van der Waals surface area contributed by atoms with Gasteiger partial charge in [-0.2, -0.15) is 0 Å². The quantitative estimate of drug-likeness (QED) is 0.730. The van der Waals surface area contributed by atoms with Crippen molar-refractivity contribution in [1.82, 2.24) is 9.80 Å². The van der Waals surface area contributed by atoms with Gasteiger partial charge in [-0.25, -0.2) is 9.59 Å². The molecule has 0 bridgehead atoms. The van der Waals surface area contributed by atoms with Gasteiger partial charge in [0.2, 0.25) is 0 Å². The fourth-order valence-corrected chi connectivity index (χ4v) is 3.82. The minimum Gasteiger partial charge on any atom is -0.496 e. The highest BCUT2D eigenvalue weighted by atomic mass is 35.5. The zero-order valence-corrected chi connectivity index (χ0v) is 18.1. The zero-order valence-electron chi connectivity index (χ0n) is 17.4. The molecular weight excluding hydrogens is 406 g/mol. The third kappa shape index (κ3) is 5.04. The Morgan fingerprint density at radius 2 is 1.80 bits per heavy atom. The van der Waals surface area contributed by atoms with E-state index in [-0.39, 0.29) is 12.0 Å². The number of hydrogen-bond acceptors (Lipinski definition) is 5. The third-order valence-corrected chi connectivity index (χ3v) is 5.44. The predicted octanol–water partition coefficient (Wildman–Crippen LogP) is 3.72. The molecule has 160 valence electrons. The van der Waals surface area contributed by atoms with E-state index in [0.717, 1.165) is 16.9 Å². The molecule has 0 saturated carbocycles. The largest absolute Gasteiger partial charge is 0.496 e. The summed E-state index contributed by atoms with van der Waals surface area (Å²) in [6, 6.07) is 12.0. The van der Waals surface area contributed by atoms with E-state index in [1.807, 2.05) is 42.2 Å². The molecule has 1 aliphatic heterocycles. The lowest BCUT2D eigenvalue weighted by Crippen LogP contribution is -2.52. The van der Waals surface area contributed by atoms with Gasteiger partial charge in [0, 0.05) is 36.9 Å². The molecular formula is C22H26ClN3O4. The normalized spacial score (nSPS) is 15.4. The summed E-state index contributed by atoms with van der Waals surface area (Å²) in [5.74, 6) is 0.431. The number of carbonyl (C=O) groups is 2. The highest BCUT2D eigenvalue weighted by Gasteiger charge is 2.32. The topological polar surface area (TPSA) is 71.1 Å². The first-order valence-corrected chi connectivity index (χ1v) is 10.1. The fraction of sp³-hybridized carbons (Fsp3) is 0.364. The first-order chi connectivity index (χ1) is 14.4. The van der Waals surface area contributed by atoms with Crippen LogP contribution < -0.4 is 10.1 Å². The highest BCUT2D eigenvalue weighted by Crippen LogP contribution is 2.26. The van der Waals surface area contributed by atoms with Crippen molar-refractivity contribution in [3.8, 4) is 5.75 Å². The Labute approximate surface area is 181 Å². The van der Waals surface area contributed by atoms with Crippen LogP contribution in [0, 0.1) is 6.92 Å². The van der Waals surface area contributed by atoms with Gasteiger partial charge in [0.1, 0.15) is 11.8 Å². The van der Waals surface area contributed by atoms with Crippen molar-refractivity contribution < 1.29 is 19.1 Å². The molecule has 1 fully saturated rings. The predicted molar refractivity (Wildman–Crippen MR) is 116 cm³/mol. The lowest BCUT2D eigenvalue weighted by Gasteiger charge is -2.38. The van der Waals surface area contributed by atoms with Crippen LogP contribution in [0.15, 0.2) is 42.5 Å². The Morgan fingerprint density at radius 1 is 1.07 bits per heavy atom. The molecule has 8 heteroatoms. The van der Waals surface area contributed by atoms with Crippen LogP contribution in [-0.2, 0) is 9.53 Å². The van der Waals surface area contributed by atoms with E-state index in [4.69, 9.17) is 21.1 Å². The summed E-state index contributed by atoms with van der Waals surface area (Å²) in [6.07, 6.45) is 0. The van der Waals surface area contributed by atoms with E-state index >= 15 is 0 Å². The van der Waals surface area contributed by atoms with Crippen molar-refractivity contribution in [3.63, 3.8) is 0 Å². The number of rotatable bonds is 5. The van der Waals surface area contributed by atoms with Crippen molar-refractivity contribution in [2.45, 2.75) is 13.0 Å². The minimum absolute atomic E-state index is 0.170. The van der Waals surface area contributed by atoms with E-state index < -0.39 is 6.04 Å².